The highest BCUT2D eigenvalue weighted by molar-refractivity contribution is 9.10. The molecule has 0 saturated carbocycles. The van der Waals surface area contributed by atoms with E-state index in [0.29, 0.717) is 10.0 Å². The molecule has 0 aliphatic carbocycles. The molecule has 1 aromatic carbocycles. The van der Waals surface area contributed by atoms with Gasteiger partial charge in [-0.25, -0.2) is 0 Å². The molecule has 1 rings (SSSR count). The Bertz CT molecular complexity index is 432. The summed E-state index contributed by atoms with van der Waals surface area (Å²) in [5, 5.41) is 13.2. The molecular weight excluding hydrogens is 264 g/mol. The number of carbonyl (C=O) groups excluding carboxylic acids is 1. The number of nitro groups is 1. The molecule has 0 saturated heterocycles. The molecule has 5 nitrogen and oxygen atoms in total. The number of benzene rings is 1. The van der Waals surface area contributed by atoms with Crippen LogP contribution in [0.5, 0.6) is 0 Å². The molecule has 0 aromatic heterocycles. The Balaban J connectivity index is 3.38. The number of aryl methyl sites for hydroxylation is 1. The first-order valence-corrected chi connectivity index (χ1v) is 4.94. The van der Waals surface area contributed by atoms with Crippen molar-refractivity contribution in [2.45, 2.75) is 13.8 Å². The van der Waals surface area contributed by atoms with E-state index in [0.717, 1.165) is 0 Å². The molecule has 0 heterocycles. The van der Waals surface area contributed by atoms with E-state index in [1.54, 1.807) is 19.1 Å². The van der Waals surface area contributed by atoms with Gasteiger partial charge in [0.15, 0.2) is 0 Å². The minimum absolute atomic E-state index is 0.0837. The molecule has 0 bridgehead atoms. The van der Waals surface area contributed by atoms with Gasteiger partial charge >= 0.3 is 0 Å². The highest BCUT2D eigenvalue weighted by Crippen LogP contribution is 2.35. The molecule has 0 atom stereocenters. The van der Waals surface area contributed by atoms with Crippen LogP contribution in [-0.4, -0.2) is 10.8 Å². The molecular formula is C9H9BrN2O3. The molecule has 0 radical (unpaired) electrons. The summed E-state index contributed by atoms with van der Waals surface area (Å²) in [6.45, 7) is 2.92. The summed E-state index contributed by atoms with van der Waals surface area (Å²) in [7, 11) is 0. The molecule has 15 heavy (non-hydrogen) atoms. The third-order valence-corrected chi connectivity index (χ3v) is 2.47. The summed E-state index contributed by atoms with van der Waals surface area (Å²) in [5.74, 6) is -0.343. The van der Waals surface area contributed by atoms with Gasteiger partial charge in [-0.1, -0.05) is 6.07 Å². The van der Waals surface area contributed by atoms with E-state index in [2.05, 4.69) is 21.2 Å². The lowest BCUT2D eigenvalue weighted by molar-refractivity contribution is -0.384. The summed E-state index contributed by atoms with van der Waals surface area (Å²) in [6, 6.07) is 3.28. The van der Waals surface area contributed by atoms with E-state index in [1.807, 2.05) is 0 Å². The van der Waals surface area contributed by atoms with Crippen LogP contribution in [0.1, 0.15) is 12.5 Å². The Morgan fingerprint density at radius 3 is 2.60 bits per heavy atom. The van der Waals surface area contributed by atoms with Crippen LogP contribution in [0, 0.1) is 17.0 Å². The van der Waals surface area contributed by atoms with Crippen LogP contribution < -0.4 is 5.32 Å². The fourth-order valence-electron chi connectivity index (χ4n) is 1.20. The normalized spacial score (nSPS) is 9.80. The Morgan fingerprint density at radius 2 is 2.13 bits per heavy atom. The minimum Gasteiger partial charge on any atom is -0.320 e. The average Bonchev–Trinajstić information content (AvgIpc) is 2.10. The van der Waals surface area contributed by atoms with Crippen LogP contribution in [0.25, 0.3) is 0 Å². The number of carbonyl (C=O) groups is 1. The maximum atomic E-state index is 10.9. The second-order valence-corrected chi connectivity index (χ2v) is 3.88. The number of amides is 1. The Labute approximate surface area is 94.8 Å². The molecule has 1 amide bonds. The number of nitrogens with one attached hydrogen (secondary N) is 1. The summed E-state index contributed by atoms with van der Waals surface area (Å²) in [4.78, 5) is 21.2. The summed E-state index contributed by atoms with van der Waals surface area (Å²) >= 11 is 3.16. The number of rotatable bonds is 2. The van der Waals surface area contributed by atoms with Gasteiger partial charge in [0.25, 0.3) is 5.69 Å². The summed E-state index contributed by atoms with van der Waals surface area (Å²) in [6.07, 6.45) is 0. The van der Waals surface area contributed by atoms with E-state index in [-0.39, 0.29) is 17.3 Å². The fraction of sp³-hybridized carbons (Fsp3) is 0.222. The van der Waals surface area contributed by atoms with Crippen LogP contribution in [0.3, 0.4) is 0 Å². The molecule has 0 fully saturated rings. The first-order valence-electron chi connectivity index (χ1n) is 4.14. The highest BCUT2D eigenvalue weighted by atomic mass is 79.9. The minimum atomic E-state index is -0.509. The lowest BCUT2D eigenvalue weighted by atomic mass is 10.1. The molecule has 1 aromatic rings. The molecule has 1 N–H and O–H groups in total. The number of hydrogen-bond donors (Lipinski definition) is 1. The van der Waals surface area contributed by atoms with Crippen molar-refractivity contribution in [2.75, 3.05) is 5.32 Å². The van der Waals surface area contributed by atoms with Crippen molar-refractivity contribution in [3.63, 3.8) is 0 Å². The van der Waals surface area contributed by atoms with Crippen molar-refractivity contribution in [2.24, 2.45) is 0 Å². The SMILES string of the molecule is CC(=O)Nc1c(Br)ccc(C)c1[N+](=O)[O-]. The molecule has 0 spiro atoms. The maximum absolute atomic E-state index is 10.9. The molecule has 80 valence electrons. The van der Waals surface area contributed by atoms with Crippen molar-refractivity contribution in [3.8, 4) is 0 Å². The van der Waals surface area contributed by atoms with E-state index in [1.165, 1.54) is 6.92 Å². The smallest absolute Gasteiger partial charge is 0.296 e. The second kappa shape index (κ2) is 4.39. The van der Waals surface area contributed by atoms with Gasteiger partial charge in [0.05, 0.1) is 4.92 Å². The van der Waals surface area contributed by atoms with Gasteiger partial charge in [0, 0.05) is 17.0 Å². The van der Waals surface area contributed by atoms with Gasteiger partial charge in [0.2, 0.25) is 5.91 Å². The summed E-state index contributed by atoms with van der Waals surface area (Å²) < 4.78 is 0.495. The van der Waals surface area contributed by atoms with Gasteiger partial charge in [-0.05, 0) is 28.9 Å². The van der Waals surface area contributed by atoms with Crippen LogP contribution in [-0.2, 0) is 4.79 Å². The number of halogens is 1. The van der Waals surface area contributed by atoms with Crippen molar-refractivity contribution >= 4 is 33.2 Å². The number of hydrogen-bond acceptors (Lipinski definition) is 3. The van der Waals surface area contributed by atoms with Crippen LogP contribution in [0.4, 0.5) is 11.4 Å². The van der Waals surface area contributed by atoms with Crippen molar-refractivity contribution in [1.29, 1.82) is 0 Å². The Hall–Kier alpha value is -1.43. The monoisotopic (exact) mass is 272 g/mol. The first-order chi connectivity index (χ1) is 6.93. The van der Waals surface area contributed by atoms with E-state index in [9.17, 15) is 14.9 Å². The third-order valence-electron chi connectivity index (χ3n) is 1.81. The molecule has 0 aliphatic rings. The van der Waals surface area contributed by atoms with E-state index in [4.69, 9.17) is 0 Å². The van der Waals surface area contributed by atoms with Crippen molar-refractivity contribution in [1.82, 2.24) is 0 Å². The molecule has 6 heteroatoms. The van der Waals surface area contributed by atoms with Gasteiger partial charge in [-0.2, -0.15) is 0 Å². The standard InChI is InChI=1S/C9H9BrN2O3/c1-5-3-4-7(10)8(11-6(2)13)9(5)12(14)15/h3-4H,1-2H3,(H,11,13). The van der Waals surface area contributed by atoms with Gasteiger partial charge < -0.3 is 5.32 Å². The number of nitro benzene ring substituents is 1. The quantitative estimate of drug-likeness (QED) is 0.665. The first kappa shape index (κ1) is 11.6. The highest BCUT2D eigenvalue weighted by Gasteiger charge is 2.20. The van der Waals surface area contributed by atoms with Crippen molar-refractivity contribution in [3.05, 3.63) is 32.3 Å². The largest absolute Gasteiger partial charge is 0.320 e. The Kier molecular flexibility index (Phi) is 3.41. The predicted molar refractivity (Wildman–Crippen MR) is 59.8 cm³/mol. The third kappa shape index (κ3) is 2.53. The molecule has 0 aliphatic heterocycles. The fourth-order valence-corrected chi connectivity index (χ4v) is 1.62. The zero-order chi connectivity index (χ0) is 11.6. The maximum Gasteiger partial charge on any atom is 0.296 e. The number of anilines is 1. The van der Waals surface area contributed by atoms with Gasteiger partial charge in [0.1, 0.15) is 5.69 Å². The zero-order valence-electron chi connectivity index (χ0n) is 8.20. The number of nitrogens with zero attached hydrogens (tertiary/aromatic N) is 1. The molecule has 0 unspecified atom stereocenters. The summed E-state index contributed by atoms with van der Waals surface area (Å²) in [5.41, 5.74) is 0.624. The zero-order valence-corrected chi connectivity index (χ0v) is 9.79. The van der Waals surface area contributed by atoms with Crippen LogP contribution in [0.2, 0.25) is 0 Å². The van der Waals surface area contributed by atoms with Crippen molar-refractivity contribution < 1.29 is 9.72 Å². The van der Waals surface area contributed by atoms with Crippen LogP contribution >= 0.6 is 15.9 Å². The topological polar surface area (TPSA) is 72.2 Å². The lowest BCUT2D eigenvalue weighted by Crippen LogP contribution is -2.09. The predicted octanol–water partition coefficient (Wildman–Crippen LogP) is 2.62. The Morgan fingerprint density at radius 1 is 1.53 bits per heavy atom. The van der Waals surface area contributed by atoms with Crippen LogP contribution in [0.15, 0.2) is 16.6 Å². The van der Waals surface area contributed by atoms with E-state index < -0.39 is 4.92 Å². The average molecular weight is 273 g/mol. The van der Waals surface area contributed by atoms with E-state index >= 15 is 0 Å². The lowest BCUT2D eigenvalue weighted by Gasteiger charge is -2.07. The van der Waals surface area contributed by atoms with Gasteiger partial charge in [-0.15, -0.1) is 0 Å². The van der Waals surface area contributed by atoms with Gasteiger partial charge in [-0.3, -0.25) is 14.9 Å². The second-order valence-electron chi connectivity index (χ2n) is 3.03.